The van der Waals surface area contributed by atoms with Crippen LogP contribution in [-0.4, -0.2) is 29.0 Å². The van der Waals surface area contributed by atoms with Crippen LogP contribution < -0.4 is 4.74 Å². The molecule has 156 valence electrons. The molecule has 0 aliphatic heterocycles. The predicted octanol–water partition coefficient (Wildman–Crippen LogP) is 4.17. The van der Waals surface area contributed by atoms with Crippen molar-refractivity contribution in [2.45, 2.75) is 55.6 Å². The largest absolute Gasteiger partial charge is 0.497 e. The quantitative estimate of drug-likeness (QED) is 0.807. The molecule has 5 rings (SSSR count). The minimum atomic E-state index is -1.29. The van der Waals surface area contributed by atoms with E-state index in [1.807, 2.05) is 6.07 Å². The minimum absolute atomic E-state index is 0.00200. The Hall–Kier alpha value is -2.35. The first kappa shape index (κ1) is 19.6. The second-order valence-electron chi connectivity index (χ2n) is 9.39. The van der Waals surface area contributed by atoms with Crippen molar-refractivity contribution in [3.63, 3.8) is 0 Å². The molecule has 3 aliphatic carbocycles. The van der Waals surface area contributed by atoms with Gasteiger partial charge in [0.05, 0.1) is 25.7 Å². The Morgan fingerprint density at radius 2 is 1.93 bits per heavy atom. The average molecular weight is 404 g/mol. The molecule has 7 atom stereocenters. The Kier molecular flexibility index (Phi) is 4.84. The molecule has 30 heavy (non-hydrogen) atoms. The SMILES string of the molecule is COc1ccc2c(c1)CCC1C3CC(O)C(O)(CC#N)C3CC(c3ccccc3)C21. The van der Waals surface area contributed by atoms with Crippen molar-refractivity contribution in [3.05, 3.63) is 65.2 Å². The number of benzene rings is 2. The fourth-order valence-electron chi connectivity index (χ4n) is 6.91. The summed E-state index contributed by atoms with van der Waals surface area (Å²) in [6, 6.07) is 19.2. The van der Waals surface area contributed by atoms with Crippen molar-refractivity contribution in [1.29, 1.82) is 5.26 Å². The molecule has 2 saturated carbocycles. The lowest BCUT2D eigenvalue weighted by atomic mass is 9.54. The molecule has 4 heteroatoms. The van der Waals surface area contributed by atoms with Gasteiger partial charge < -0.3 is 14.9 Å². The third-order valence-electron chi connectivity index (χ3n) is 8.23. The maximum Gasteiger partial charge on any atom is 0.119 e. The fraction of sp³-hybridized carbons (Fsp3) is 0.500. The van der Waals surface area contributed by atoms with Gasteiger partial charge in [0.1, 0.15) is 11.4 Å². The van der Waals surface area contributed by atoms with Gasteiger partial charge in [0, 0.05) is 0 Å². The second kappa shape index (κ2) is 7.41. The molecule has 3 aliphatic rings. The van der Waals surface area contributed by atoms with Crippen LogP contribution in [0.1, 0.15) is 54.2 Å². The number of aryl methyl sites for hydroxylation is 1. The van der Waals surface area contributed by atoms with E-state index in [0.29, 0.717) is 18.3 Å². The Bertz CT molecular complexity index is 968. The maximum absolute atomic E-state index is 11.4. The van der Waals surface area contributed by atoms with Crippen molar-refractivity contribution in [3.8, 4) is 11.8 Å². The number of hydrogen-bond donors (Lipinski definition) is 2. The zero-order valence-corrected chi connectivity index (χ0v) is 17.4. The molecule has 0 spiro atoms. The van der Waals surface area contributed by atoms with Crippen LogP contribution in [0.2, 0.25) is 0 Å². The van der Waals surface area contributed by atoms with Gasteiger partial charge in [-0.2, -0.15) is 5.26 Å². The number of methoxy groups -OCH3 is 1. The molecule has 0 heterocycles. The molecule has 0 aromatic heterocycles. The summed E-state index contributed by atoms with van der Waals surface area (Å²) in [5, 5.41) is 31.5. The van der Waals surface area contributed by atoms with Gasteiger partial charge in [-0.25, -0.2) is 0 Å². The smallest absolute Gasteiger partial charge is 0.119 e. The van der Waals surface area contributed by atoms with Gasteiger partial charge >= 0.3 is 0 Å². The van der Waals surface area contributed by atoms with Gasteiger partial charge in [-0.05, 0) is 84.1 Å². The molecular formula is C26H29NO3. The van der Waals surface area contributed by atoms with E-state index >= 15 is 0 Å². The molecule has 7 unspecified atom stereocenters. The molecule has 0 saturated heterocycles. The van der Waals surface area contributed by atoms with Gasteiger partial charge in [-0.3, -0.25) is 0 Å². The van der Waals surface area contributed by atoms with E-state index in [9.17, 15) is 15.5 Å². The standard InChI is InChI=1S/C26H29NO3/c1-30-18-8-10-19-17(13-18)7-9-20-22-15-24(28)26(29,11-12-27)23(22)14-21(25(19)20)16-5-3-2-4-6-16/h2-6,8,10,13,20-25,28-29H,7,9,11,14-15H2,1H3. The molecule has 2 N–H and O–H groups in total. The summed E-state index contributed by atoms with van der Waals surface area (Å²) < 4.78 is 5.47. The number of nitriles is 1. The molecule has 2 aromatic rings. The van der Waals surface area contributed by atoms with Crippen LogP contribution >= 0.6 is 0 Å². The number of fused-ring (bicyclic) bond motifs is 5. The number of aliphatic hydroxyl groups excluding tert-OH is 1. The van der Waals surface area contributed by atoms with Crippen LogP contribution in [0.4, 0.5) is 0 Å². The Balaban J connectivity index is 1.62. The number of ether oxygens (including phenoxy) is 1. The number of rotatable bonds is 3. The highest BCUT2D eigenvalue weighted by Gasteiger charge is 2.60. The van der Waals surface area contributed by atoms with Gasteiger partial charge in [-0.15, -0.1) is 0 Å². The summed E-state index contributed by atoms with van der Waals surface area (Å²) in [4.78, 5) is 0. The number of aliphatic hydroxyl groups is 2. The average Bonchev–Trinajstić information content (AvgIpc) is 3.03. The van der Waals surface area contributed by atoms with Crippen molar-refractivity contribution in [1.82, 2.24) is 0 Å². The summed E-state index contributed by atoms with van der Waals surface area (Å²) in [6.45, 7) is 0. The summed E-state index contributed by atoms with van der Waals surface area (Å²) in [5.74, 6) is 2.13. The van der Waals surface area contributed by atoms with Gasteiger partial charge in [0.15, 0.2) is 0 Å². The highest BCUT2D eigenvalue weighted by molar-refractivity contribution is 5.43. The lowest BCUT2D eigenvalue weighted by molar-refractivity contribution is -0.0919. The zero-order valence-electron chi connectivity index (χ0n) is 17.4. The first-order valence-electron chi connectivity index (χ1n) is 11.1. The van der Waals surface area contributed by atoms with Crippen LogP contribution in [0, 0.1) is 29.1 Å². The maximum atomic E-state index is 11.4. The normalized spacial score (nSPS) is 36.9. The summed E-state index contributed by atoms with van der Waals surface area (Å²) in [6.07, 6.45) is 2.62. The van der Waals surface area contributed by atoms with Gasteiger partial charge in [-0.1, -0.05) is 36.4 Å². The molecule has 4 nitrogen and oxygen atoms in total. The Morgan fingerprint density at radius 3 is 2.67 bits per heavy atom. The third-order valence-corrected chi connectivity index (χ3v) is 8.23. The molecular weight excluding hydrogens is 374 g/mol. The predicted molar refractivity (Wildman–Crippen MR) is 114 cm³/mol. The Morgan fingerprint density at radius 1 is 1.13 bits per heavy atom. The summed E-state index contributed by atoms with van der Waals surface area (Å²) >= 11 is 0. The first-order chi connectivity index (χ1) is 14.6. The van der Waals surface area contributed by atoms with Crippen LogP contribution in [0.15, 0.2) is 48.5 Å². The molecule has 0 amide bonds. The van der Waals surface area contributed by atoms with E-state index in [-0.39, 0.29) is 24.2 Å². The van der Waals surface area contributed by atoms with E-state index in [0.717, 1.165) is 25.0 Å². The Labute approximate surface area is 178 Å². The summed E-state index contributed by atoms with van der Waals surface area (Å²) in [7, 11) is 1.71. The third kappa shape index (κ3) is 2.87. The molecule has 0 radical (unpaired) electrons. The van der Waals surface area contributed by atoms with E-state index < -0.39 is 11.7 Å². The fourth-order valence-corrected chi connectivity index (χ4v) is 6.91. The molecule has 2 aromatic carbocycles. The van der Waals surface area contributed by atoms with E-state index in [2.05, 4.69) is 48.5 Å². The highest BCUT2D eigenvalue weighted by atomic mass is 16.5. The number of hydrogen-bond acceptors (Lipinski definition) is 4. The van der Waals surface area contributed by atoms with Crippen molar-refractivity contribution in [2.24, 2.45) is 17.8 Å². The second-order valence-corrected chi connectivity index (χ2v) is 9.39. The topological polar surface area (TPSA) is 73.5 Å². The first-order valence-corrected chi connectivity index (χ1v) is 11.1. The van der Waals surface area contributed by atoms with Crippen LogP contribution in [0.25, 0.3) is 0 Å². The monoisotopic (exact) mass is 403 g/mol. The summed E-state index contributed by atoms with van der Waals surface area (Å²) in [5.41, 5.74) is 2.75. The van der Waals surface area contributed by atoms with Crippen LogP contribution in [0.3, 0.4) is 0 Å². The van der Waals surface area contributed by atoms with E-state index in [1.165, 1.54) is 16.7 Å². The lowest BCUT2D eigenvalue weighted by Gasteiger charge is -2.50. The highest BCUT2D eigenvalue weighted by Crippen LogP contribution is 2.62. The van der Waals surface area contributed by atoms with Crippen molar-refractivity contribution in [2.75, 3.05) is 7.11 Å². The van der Waals surface area contributed by atoms with Gasteiger partial charge in [0.25, 0.3) is 0 Å². The van der Waals surface area contributed by atoms with E-state index in [1.54, 1.807) is 7.11 Å². The van der Waals surface area contributed by atoms with Crippen molar-refractivity contribution >= 4 is 0 Å². The van der Waals surface area contributed by atoms with Crippen molar-refractivity contribution < 1.29 is 14.9 Å². The minimum Gasteiger partial charge on any atom is -0.497 e. The van der Waals surface area contributed by atoms with E-state index in [4.69, 9.17) is 4.74 Å². The van der Waals surface area contributed by atoms with Crippen LogP contribution in [0.5, 0.6) is 5.75 Å². The zero-order chi connectivity index (χ0) is 20.9. The van der Waals surface area contributed by atoms with Gasteiger partial charge in [0.2, 0.25) is 0 Å². The lowest BCUT2D eigenvalue weighted by Crippen LogP contribution is -2.48. The molecule has 0 bridgehead atoms. The van der Waals surface area contributed by atoms with Crippen LogP contribution in [-0.2, 0) is 6.42 Å². The number of nitrogens with zero attached hydrogens (tertiary/aromatic N) is 1. The molecule has 2 fully saturated rings.